The summed E-state index contributed by atoms with van der Waals surface area (Å²) in [6.07, 6.45) is -3.47. The van der Waals surface area contributed by atoms with Crippen LogP contribution in [-0.4, -0.2) is 76.0 Å². The highest BCUT2D eigenvalue weighted by Gasteiger charge is 2.43. The third-order valence-electron chi connectivity index (χ3n) is 3.30. The van der Waals surface area contributed by atoms with E-state index in [1.165, 1.54) is 13.0 Å². The maximum absolute atomic E-state index is 11.4. The van der Waals surface area contributed by atoms with Crippen LogP contribution in [0, 0.1) is 0 Å². The molecule has 0 spiro atoms. The van der Waals surface area contributed by atoms with Gasteiger partial charge in [0.05, 0.1) is 12.6 Å². The van der Waals surface area contributed by atoms with Crippen LogP contribution in [0.5, 0.6) is 0 Å². The molecule has 0 aromatic heterocycles. The number of ether oxygens (including phenoxy) is 2. The summed E-state index contributed by atoms with van der Waals surface area (Å²) in [5, 5.41) is 40.3. The molecule has 132 valence electrons. The average molecular weight is 333 g/mol. The molecule has 1 heterocycles. The summed E-state index contributed by atoms with van der Waals surface area (Å²) < 4.78 is 10.7. The molecule has 1 amide bonds. The van der Waals surface area contributed by atoms with Gasteiger partial charge in [0.1, 0.15) is 18.3 Å². The molecular weight excluding hydrogens is 310 g/mol. The number of carbonyl (C=O) groups is 2. The number of rotatable bonds is 8. The SMILES string of the molecule is CCCOC1C=C(C(=O)O)O[C@@H](C(O)C(O)CO)C1NC(C)=O. The number of carbonyl (C=O) groups excluding carboxylic acids is 1. The number of carboxylic acid groups (broad SMARTS) is 1. The summed E-state index contributed by atoms with van der Waals surface area (Å²) in [6, 6.07) is -0.918. The van der Waals surface area contributed by atoms with Crippen molar-refractivity contribution in [3.05, 3.63) is 11.8 Å². The molecule has 1 aliphatic heterocycles. The third-order valence-corrected chi connectivity index (χ3v) is 3.30. The van der Waals surface area contributed by atoms with Crippen LogP contribution in [0.1, 0.15) is 20.3 Å². The normalized spacial score (nSPS) is 26.7. The smallest absolute Gasteiger partial charge is 0.370 e. The zero-order valence-electron chi connectivity index (χ0n) is 13.0. The Hall–Kier alpha value is -1.68. The zero-order chi connectivity index (χ0) is 17.6. The molecule has 1 rings (SSSR count). The first-order valence-corrected chi connectivity index (χ1v) is 7.29. The largest absolute Gasteiger partial charge is 0.478 e. The predicted molar refractivity (Wildman–Crippen MR) is 77.3 cm³/mol. The van der Waals surface area contributed by atoms with E-state index >= 15 is 0 Å². The molecule has 0 saturated heterocycles. The van der Waals surface area contributed by atoms with Crippen molar-refractivity contribution < 1.29 is 39.5 Å². The van der Waals surface area contributed by atoms with Crippen molar-refractivity contribution in [1.29, 1.82) is 0 Å². The van der Waals surface area contributed by atoms with Crippen LogP contribution in [0.4, 0.5) is 0 Å². The van der Waals surface area contributed by atoms with Crippen molar-refractivity contribution in [1.82, 2.24) is 5.32 Å². The van der Waals surface area contributed by atoms with Crippen LogP contribution in [-0.2, 0) is 19.1 Å². The molecule has 0 aromatic carbocycles. The van der Waals surface area contributed by atoms with E-state index in [0.717, 1.165) is 0 Å². The van der Waals surface area contributed by atoms with Gasteiger partial charge in [-0.25, -0.2) is 4.79 Å². The summed E-state index contributed by atoms with van der Waals surface area (Å²) in [4.78, 5) is 22.6. The van der Waals surface area contributed by atoms with Crippen LogP contribution in [0.2, 0.25) is 0 Å². The Bertz CT molecular complexity index is 452. The predicted octanol–water partition coefficient (Wildman–Crippen LogP) is -1.63. The van der Waals surface area contributed by atoms with Gasteiger partial charge in [-0.1, -0.05) is 6.92 Å². The van der Waals surface area contributed by atoms with Crippen molar-refractivity contribution in [3.63, 3.8) is 0 Å². The number of aliphatic carboxylic acids is 1. The third kappa shape index (κ3) is 5.17. The fraction of sp³-hybridized carbons (Fsp3) is 0.714. The Balaban J connectivity index is 3.14. The number of hydrogen-bond donors (Lipinski definition) is 5. The minimum Gasteiger partial charge on any atom is -0.478 e. The van der Waals surface area contributed by atoms with Crippen LogP contribution >= 0.6 is 0 Å². The van der Waals surface area contributed by atoms with E-state index in [1.807, 2.05) is 6.92 Å². The summed E-state index contributed by atoms with van der Waals surface area (Å²) in [7, 11) is 0. The second kappa shape index (κ2) is 8.82. The zero-order valence-corrected chi connectivity index (χ0v) is 13.0. The van der Waals surface area contributed by atoms with Crippen LogP contribution in [0.15, 0.2) is 11.8 Å². The van der Waals surface area contributed by atoms with Gasteiger partial charge in [0.25, 0.3) is 0 Å². The molecule has 0 aliphatic carbocycles. The van der Waals surface area contributed by atoms with Crippen molar-refractivity contribution in [3.8, 4) is 0 Å². The van der Waals surface area contributed by atoms with E-state index in [4.69, 9.17) is 19.7 Å². The van der Waals surface area contributed by atoms with E-state index in [-0.39, 0.29) is 0 Å². The first-order valence-electron chi connectivity index (χ1n) is 7.29. The van der Waals surface area contributed by atoms with E-state index in [0.29, 0.717) is 13.0 Å². The minimum atomic E-state index is -1.62. The number of carboxylic acids is 1. The van der Waals surface area contributed by atoms with Crippen molar-refractivity contribution in [2.45, 2.75) is 50.7 Å². The molecule has 5 atom stereocenters. The Morgan fingerprint density at radius 1 is 1.43 bits per heavy atom. The molecule has 0 fully saturated rings. The van der Waals surface area contributed by atoms with Crippen LogP contribution < -0.4 is 5.32 Å². The van der Waals surface area contributed by atoms with Gasteiger partial charge in [0, 0.05) is 13.5 Å². The van der Waals surface area contributed by atoms with Crippen molar-refractivity contribution >= 4 is 11.9 Å². The molecule has 1 aliphatic rings. The highest BCUT2D eigenvalue weighted by molar-refractivity contribution is 5.84. The van der Waals surface area contributed by atoms with Gasteiger partial charge < -0.3 is 35.2 Å². The van der Waals surface area contributed by atoms with Gasteiger partial charge in [-0.2, -0.15) is 0 Å². The number of nitrogens with one attached hydrogen (secondary N) is 1. The molecule has 0 bridgehead atoms. The Morgan fingerprint density at radius 2 is 2.09 bits per heavy atom. The van der Waals surface area contributed by atoms with E-state index in [2.05, 4.69) is 5.32 Å². The average Bonchev–Trinajstić information content (AvgIpc) is 2.51. The minimum absolute atomic E-state index is 0.301. The topological polar surface area (TPSA) is 146 Å². The Kier molecular flexibility index (Phi) is 7.43. The van der Waals surface area contributed by atoms with E-state index < -0.39 is 54.7 Å². The van der Waals surface area contributed by atoms with Gasteiger partial charge in [-0.15, -0.1) is 0 Å². The van der Waals surface area contributed by atoms with Gasteiger partial charge in [-0.05, 0) is 12.5 Å². The highest BCUT2D eigenvalue weighted by atomic mass is 16.5. The number of hydrogen-bond acceptors (Lipinski definition) is 7. The van der Waals surface area contributed by atoms with Gasteiger partial charge in [-0.3, -0.25) is 4.79 Å². The van der Waals surface area contributed by atoms with Gasteiger partial charge in [0.2, 0.25) is 11.7 Å². The number of aliphatic hydroxyl groups is 3. The molecule has 5 N–H and O–H groups in total. The summed E-state index contributed by atoms with van der Waals surface area (Å²) in [5.41, 5.74) is 0. The number of amides is 1. The molecule has 0 radical (unpaired) electrons. The summed E-state index contributed by atoms with van der Waals surface area (Å²) >= 11 is 0. The second-order valence-corrected chi connectivity index (χ2v) is 5.22. The van der Waals surface area contributed by atoms with Crippen LogP contribution in [0.3, 0.4) is 0 Å². The molecule has 9 nitrogen and oxygen atoms in total. The summed E-state index contributed by atoms with van der Waals surface area (Å²) in [5.74, 6) is -2.26. The number of aliphatic hydroxyl groups excluding tert-OH is 3. The van der Waals surface area contributed by atoms with Gasteiger partial charge in [0.15, 0.2) is 6.10 Å². The van der Waals surface area contributed by atoms with E-state index in [9.17, 15) is 19.8 Å². The fourth-order valence-corrected chi connectivity index (χ4v) is 2.23. The standard InChI is InChI=1S/C14H23NO8/c1-3-4-22-9-5-10(14(20)21)23-13(11(9)15-7(2)17)12(19)8(18)6-16/h5,8-9,11-13,16,18-19H,3-4,6H2,1-2H3,(H,15,17)(H,20,21)/t8?,9?,11?,12?,13-/m1/s1. The lowest BCUT2D eigenvalue weighted by Crippen LogP contribution is -2.60. The second-order valence-electron chi connectivity index (χ2n) is 5.22. The van der Waals surface area contributed by atoms with E-state index in [1.54, 1.807) is 0 Å². The molecule has 9 heteroatoms. The lowest BCUT2D eigenvalue weighted by atomic mass is 9.93. The van der Waals surface area contributed by atoms with Crippen molar-refractivity contribution in [2.75, 3.05) is 13.2 Å². The van der Waals surface area contributed by atoms with Gasteiger partial charge >= 0.3 is 5.97 Å². The molecule has 0 aromatic rings. The molecular formula is C14H23NO8. The first kappa shape index (κ1) is 19.4. The Labute approximate surface area is 133 Å². The highest BCUT2D eigenvalue weighted by Crippen LogP contribution is 2.25. The fourth-order valence-electron chi connectivity index (χ4n) is 2.23. The maximum atomic E-state index is 11.4. The molecule has 0 saturated carbocycles. The van der Waals surface area contributed by atoms with Crippen molar-refractivity contribution in [2.24, 2.45) is 0 Å². The Morgan fingerprint density at radius 3 is 2.57 bits per heavy atom. The quantitative estimate of drug-likeness (QED) is 0.356. The lowest BCUT2D eigenvalue weighted by Gasteiger charge is -2.39. The lowest BCUT2D eigenvalue weighted by molar-refractivity contribution is -0.151. The maximum Gasteiger partial charge on any atom is 0.370 e. The molecule has 23 heavy (non-hydrogen) atoms. The summed E-state index contributed by atoms with van der Waals surface area (Å²) in [6.45, 7) is 2.66. The first-order chi connectivity index (χ1) is 10.8. The molecule has 4 unspecified atom stereocenters. The van der Waals surface area contributed by atoms with Crippen LogP contribution in [0.25, 0.3) is 0 Å². The monoisotopic (exact) mass is 333 g/mol.